The summed E-state index contributed by atoms with van der Waals surface area (Å²) in [6, 6.07) is 7.86. The Labute approximate surface area is 187 Å². The van der Waals surface area contributed by atoms with Crippen LogP contribution in [-0.2, 0) is 16.0 Å². The molecule has 1 amide bonds. The average molecular weight is 451 g/mol. The number of aliphatic hydroxyl groups excluding tert-OH is 1. The number of carbonyl (C=O) groups excluding carboxylic acids is 1. The Bertz CT molecular complexity index is 846. The van der Waals surface area contributed by atoms with Crippen LogP contribution in [0.5, 0.6) is 5.75 Å². The molecule has 2 aromatic rings. The topological polar surface area (TPSA) is 62.2 Å². The Hall–Kier alpha value is -2.00. The maximum atomic E-state index is 13.5. The highest BCUT2D eigenvalue weighted by Gasteiger charge is 2.33. The maximum absolute atomic E-state index is 13.5. The lowest BCUT2D eigenvalue weighted by Gasteiger charge is -2.37. The van der Waals surface area contributed by atoms with Crippen molar-refractivity contribution < 1.29 is 23.8 Å². The number of halogens is 1. The van der Waals surface area contributed by atoms with E-state index in [1.165, 1.54) is 17.0 Å². The first kappa shape index (κ1) is 23.7. The van der Waals surface area contributed by atoms with Crippen molar-refractivity contribution in [3.8, 4) is 5.75 Å². The quantitative estimate of drug-likeness (QED) is 0.570. The normalized spacial score (nSPS) is 16.9. The van der Waals surface area contributed by atoms with Crippen molar-refractivity contribution in [1.82, 2.24) is 9.80 Å². The van der Waals surface area contributed by atoms with Crippen molar-refractivity contribution in [3.63, 3.8) is 0 Å². The summed E-state index contributed by atoms with van der Waals surface area (Å²) in [5, 5.41) is 12.1. The SMILES string of the molecule is CC[C@H](O)CN(CCOC)CC(=O)N1CCc2sccc2[C@H]1COc1cccc(F)c1. The third-order valence-electron chi connectivity index (χ3n) is 5.53. The standard InChI is InChI=1S/C23H31FN2O4S/c1-3-18(27)14-25(10-11-29-2)15-23(28)26-9-7-22-20(8-12-31-22)21(26)16-30-19-6-4-5-17(24)13-19/h4-6,8,12-13,18,21,27H,3,7,9-11,14-16H2,1-2H3/t18-,21+/m0/s1. The van der Waals surface area contributed by atoms with E-state index in [9.17, 15) is 14.3 Å². The molecule has 3 rings (SSSR count). The summed E-state index contributed by atoms with van der Waals surface area (Å²) in [6.07, 6.45) is 0.954. The molecule has 1 aliphatic heterocycles. The summed E-state index contributed by atoms with van der Waals surface area (Å²) >= 11 is 1.69. The highest BCUT2D eigenvalue weighted by molar-refractivity contribution is 7.10. The second-order valence-electron chi connectivity index (χ2n) is 7.71. The number of aliphatic hydroxyl groups is 1. The van der Waals surface area contributed by atoms with E-state index < -0.39 is 6.10 Å². The van der Waals surface area contributed by atoms with Crippen molar-refractivity contribution in [1.29, 1.82) is 0 Å². The number of amides is 1. The molecule has 8 heteroatoms. The molecule has 6 nitrogen and oxygen atoms in total. The van der Waals surface area contributed by atoms with Crippen LogP contribution in [0.1, 0.15) is 29.8 Å². The van der Waals surface area contributed by atoms with Gasteiger partial charge in [0.25, 0.3) is 0 Å². The molecule has 1 aromatic carbocycles. The van der Waals surface area contributed by atoms with Crippen LogP contribution in [0, 0.1) is 5.82 Å². The lowest BCUT2D eigenvalue weighted by Crippen LogP contribution is -2.48. The first-order valence-electron chi connectivity index (χ1n) is 10.6. The van der Waals surface area contributed by atoms with Gasteiger partial charge in [0.1, 0.15) is 18.2 Å². The van der Waals surface area contributed by atoms with Gasteiger partial charge in [-0.1, -0.05) is 13.0 Å². The zero-order chi connectivity index (χ0) is 22.2. The van der Waals surface area contributed by atoms with Gasteiger partial charge in [-0.2, -0.15) is 0 Å². The molecule has 2 atom stereocenters. The molecule has 2 heterocycles. The Kier molecular flexibility index (Phi) is 8.83. The number of fused-ring (bicyclic) bond motifs is 1. The monoisotopic (exact) mass is 450 g/mol. The summed E-state index contributed by atoms with van der Waals surface area (Å²) < 4.78 is 24.6. The van der Waals surface area contributed by atoms with Crippen LogP contribution < -0.4 is 4.74 Å². The van der Waals surface area contributed by atoms with Crippen LogP contribution in [0.3, 0.4) is 0 Å². The minimum absolute atomic E-state index is 0.0101. The summed E-state index contributed by atoms with van der Waals surface area (Å²) in [6.45, 7) is 4.48. The van der Waals surface area contributed by atoms with Gasteiger partial charge in [0, 0.05) is 37.7 Å². The van der Waals surface area contributed by atoms with Crippen LogP contribution in [0.2, 0.25) is 0 Å². The molecule has 0 aliphatic carbocycles. The molecule has 0 fully saturated rings. The van der Waals surface area contributed by atoms with Gasteiger partial charge in [0.2, 0.25) is 5.91 Å². The molecule has 0 radical (unpaired) electrons. The van der Waals surface area contributed by atoms with E-state index in [1.54, 1.807) is 30.6 Å². The average Bonchev–Trinajstić information content (AvgIpc) is 3.24. The third kappa shape index (κ3) is 6.49. The largest absolute Gasteiger partial charge is 0.491 e. The van der Waals surface area contributed by atoms with Crippen LogP contribution >= 0.6 is 11.3 Å². The van der Waals surface area contributed by atoms with Crippen molar-refractivity contribution in [2.45, 2.75) is 31.9 Å². The second-order valence-corrected chi connectivity index (χ2v) is 8.71. The van der Waals surface area contributed by atoms with E-state index in [4.69, 9.17) is 9.47 Å². The zero-order valence-electron chi connectivity index (χ0n) is 18.1. The Balaban J connectivity index is 1.72. The number of benzene rings is 1. The van der Waals surface area contributed by atoms with Gasteiger partial charge in [0.15, 0.2) is 0 Å². The second kappa shape index (κ2) is 11.6. The van der Waals surface area contributed by atoms with E-state index in [0.717, 1.165) is 12.0 Å². The molecule has 0 bridgehead atoms. The summed E-state index contributed by atoms with van der Waals surface area (Å²) in [4.78, 5) is 18.3. The fourth-order valence-corrected chi connectivity index (χ4v) is 4.70. The molecular formula is C23H31FN2O4S. The van der Waals surface area contributed by atoms with Crippen LogP contribution in [0.25, 0.3) is 0 Å². The molecule has 0 saturated heterocycles. The highest BCUT2D eigenvalue weighted by atomic mass is 32.1. The summed E-state index contributed by atoms with van der Waals surface area (Å²) in [5.74, 6) is 0.0835. The minimum atomic E-state index is -0.485. The van der Waals surface area contributed by atoms with Crippen molar-refractivity contribution in [2.75, 3.05) is 46.5 Å². The van der Waals surface area contributed by atoms with Crippen LogP contribution in [0.4, 0.5) is 4.39 Å². The molecule has 0 saturated carbocycles. The highest BCUT2D eigenvalue weighted by Crippen LogP contribution is 2.34. The zero-order valence-corrected chi connectivity index (χ0v) is 18.9. The third-order valence-corrected chi connectivity index (χ3v) is 6.53. The smallest absolute Gasteiger partial charge is 0.237 e. The first-order valence-corrected chi connectivity index (χ1v) is 11.5. The molecule has 1 aliphatic rings. The van der Waals surface area contributed by atoms with E-state index >= 15 is 0 Å². The van der Waals surface area contributed by atoms with Gasteiger partial charge in [-0.05, 0) is 42.0 Å². The van der Waals surface area contributed by atoms with Gasteiger partial charge in [-0.25, -0.2) is 4.39 Å². The summed E-state index contributed by atoms with van der Waals surface area (Å²) in [5.41, 5.74) is 1.10. The molecule has 31 heavy (non-hydrogen) atoms. The van der Waals surface area contributed by atoms with Crippen LogP contribution in [0.15, 0.2) is 35.7 Å². The molecule has 0 spiro atoms. The minimum Gasteiger partial charge on any atom is -0.491 e. The number of carbonyl (C=O) groups is 1. The number of methoxy groups -OCH3 is 1. The molecular weight excluding hydrogens is 419 g/mol. The van der Waals surface area contributed by atoms with E-state index in [-0.39, 0.29) is 30.9 Å². The van der Waals surface area contributed by atoms with Gasteiger partial charge in [-0.15, -0.1) is 11.3 Å². The number of rotatable bonds is 11. The van der Waals surface area contributed by atoms with E-state index in [2.05, 4.69) is 0 Å². The lowest BCUT2D eigenvalue weighted by atomic mass is 10.0. The van der Waals surface area contributed by atoms with Gasteiger partial charge >= 0.3 is 0 Å². The fraction of sp³-hybridized carbons (Fsp3) is 0.522. The van der Waals surface area contributed by atoms with Crippen LogP contribution in [-0.4, -0.2) is 73.4 Å². The van der Waals surface area contributed by atoms with E-state index in [1.807, 2.05) is 28.2 Å². The van der Waals surface area contributed by atoms with Gasteiger partial charge in [0.05, 0.1) is 25.3 Å². The Morgan fingerprint density at radius 3 is 3.00 bits per heavy atom. The molecule has 0 unspecified atom stereocenters. The number of ether oxygens (including phenoxy) is 2. The Morgan fingerprint density at radius 1 is 1.42 bits per heavy atom. The van der Waals surface area contributed by atoms with E-state index in [0.29, 0.717) is 38.4 Å². The van der Waals surface area contributed by atoms with Gasteiger partial charge < -0.3 is 19.5 Å². The van der Waals surface area contributed by atoms with Crippen molar-refractivity contribution >= 4 is 17.2 Å². The van der Waals surface area contributed by atoms with Crippen molar-refractivity contribution in [3.05, 3.63) is 52.0 Å². The Morgan fingerprint density at radius 2 is 2.26 bits per heavy atom. The predicted octanol–water partition coefficient (Wildman–Crippen LogP) is 3.11. The predicted molar refractivity (Wildman–Crippen MR) is 119 cm³/mol. The molecule has 1 N–H and O–H groups in total. The number of thiophene rings is 1. The van der Waals surface area contributed by atoms with Crippen molar-refractivity contribution in [2.24, 2.45) is 0 Å². The number of hydrogen-bond donors (Lipinski definition) is 1. The molecule has 1 aromatic heterocycles. The maximum Gasteiger partial charge on any atom is 0.237 e. The first-order chi connectivity index (χ1) is 15.0. The lowest BCUT2D eigenvalue weighted by molar-refractivity contribution is -0.136. The number of nitrogens with zero attached hydrogens (tertiary/aromatic N) is 2. The van der Waals surface area contributed by atoms with Gasteiger partial charge in [-0.3, -0.25) is 9.69 Å². The molecule has 170 valence electrons. The fourth-order valence-electron chi connectivity index (χ4n) is 3.77. The number of hydrogen-bond acceptors (Lipinski definition) is 6. The summed E-state index contributed by atoms with van der Waals surface area (Å²) in [7, 11) is 1.62.